The number of esters is 1. The molecule has 1 heterocycles. The molecule has 4 amide bonds. The lowest BCUT2D eigenvalue weighted by Gasteiger charge is -2.26. The third kappa shape index (κ3) is 5.82. The van der Waals surface area contributed by atoms with Crippen molar-refractivity contribution in [2.24, 2.45) is 0 Å². The molecule has 3 aromatic carbocycles. The second kappa shape index (κ2) is 11.6. The van der Waals surface area contributed by atoms with Crippen LogP contribution in [-0.4, -0.2) is 45.9 Å². The molecule has 206 valence electrons. The van der Waals surface area contributed by atoms with Crippen LogP contribution in [0, 0.1) is 0 Å². The van der Waals surface area contributed by atoms with E-state index in [0.717, 1.165) is 4.90 Å². The molecular weight excluding hydrogens is 564 g/mol. The molecule has 0 saturated carbocycles. The maximum atomic E-state index is 13.2. The van der Waals surface area contributed by atoms with E-state index in [1.807, 2.05) is 0 Å². The highest BCUT2D eigenvalue weighted by Crippen LogP contribution is 2.39. The molecule has 0 bridgehead atoms. The number of methoxy groups -OCH3 is 1. The number of carbonyl (C=O) groups is 4. The van der Waals surface area contributed by atoms with Crippen LogP contribution in [0.4, 0.5) is 10.5 Å². The van der Waals surface area contributed by atoms with Gasteiger partial charge in [-0.15, -0.1) is 0 Å². The SMILES string of the molecule is CCOc1cc(/C=C2\C(=O)NC(=O)N(c3ccc(C(=O)OC)cc3)C2=O)cc(Cl)c1OS(=O)(=O)c1ccccc1. The summed E-state index contributed by atoms with van der Waals surface area (Å²) in [5, 5.41) is 1.92. The highest BCUT2D eigenvalue weighted by molar-refractivity contribution is 7.87. The monoisotopic (exact) mass is 584 g/mol. The minimum atomic E-state index is -4.26. The standard InChI is InChI=1S/C27H21ClN2O9S/c1-3-38-22-15-16(14-21(28)23(22)39-40(35,36)19-7-5-4-6-8-19)13-20-24(31)29-27(34)30(25(20)32)18-11-9-17(10-12-18)26(33)37-2/h4-15H,3H2,1-2H3,(H,29,31,34)/b20-13+. The third-order valence-corrected chi connectivity index (χ3v) is 7.03. The number of nitrogens with one attached hydrogen (secondary N) is 1. The van der Waals surface area contributed by atoms with Gasteiger partial charge in [-0.3, -0.25) is 14.9 Å². The zero-order chi connectivity index (χ0) is 29.0. The summed E-state index contributed by atoms with van der Waals surface area (Å²) in [5.74, 6) is -2.85. The normalized spacial score (nSPS) is 14.6. The Morgan fingerprint density at radius 2 is 1.70 bits per heavy atom. The first kappa shape index (κ1) is 28.3. The minimum absolute atomic E-state index is 0.0589. The number of ether oxygens (including phenoxy) is 2. The van der Waals surface area contributed by atoms with E-state index in [1.54, 1.807) is 13.0 Å². The van der Waals surface area contributed by atoms with Crippen molar-refractivity contribution in [3.63, 3.8) is 0 Å². The molecule has 0 radical (unpaired) electrons. The van der Waals surface area contributed by atoms with Crippen LogP contribution in [0.3, 0.4) is 0 Å². The number of barbiturate groups is 1. The van der Waals surface area contributed by atoms with Crippen molar-refractivity contribution < 1.29 is 41.3 Å². The van der Waals surface area contributed by atoms with Gasteiger partial charge in [-0.25, -0.2) is 14.5 Å². The van der Waals surface area contributed by atoms with E-state index in [0.29, 0.717) is 0 Å². The zero-order valence-electron chi connectivity index (χ0n) is 21.0. The van der Waals surface area contributed by atoms with Crippen molar-refractivity contribution in [1.29, 1.82) is 0 Å². The van der Waals surface area contributed by atoms with Gasteiger partial charge in [0.2, 0.25) is 5.75 Å². The Morgan fingerprint density at radius 3 is 2.33 bits per heavy atom. The summed E-state index contributed by atoms with van der Waals surface area (Å²) in [7, 11) is -3.05. The van der Waals surface area contributed by atoms with Crippen molar-refractivity contribution in [2.45, 2.75) is 11.8 Å². The van der Waals surface area contributed by atoms with Gasteiger partial charge in [0, 0.05) is 0 Å². The summed E-state index contributed by atoms with van der Waals surface area (Å²) in [6.45, 7) is 1.77. The number of benzene rings is 3. The number of amides is 4. The molecule has 11 nitrogen and oxygen atoms in total. The van der Waals surface area contributed by atoms with Crippen LogP contribution in [-0.2, 0) is 24.4 Å². The Kier molecular flexibility index (Phi) is 8.21. The van der Waals surface area contributed by atoms with E-state index in [1.165, 1.54) is 73.8 Å². The molecule has 0 aliphatic carbocycles. The van der Waals surface area contributed by atoms with E-state index < -0.39 is 39.5 Å². The number of anilines is 1. The lowest BCUT2D eigenvalue weighted by atomic mass is 10.1. The first-order valence-corrected chi connectivity index (χ1v) is 13.4. The second-order valence-electron chi connectivity index (χ2n) is 8.11. The highest BCUT2D eigenvalue weighted by atomic mass is 35.5. The molecule has 40 heavy (non-hydrogen) atoms. The largest absolute Gasteiger partial charge is 0.490 e. The predicted octanol–water partition coefficient (Wildman–Crippen LogP) is 3.96. The molecule has 1 aliphatic heterocycles. The molecular formula is C27H21ClN2O9S. The van der Waals surface area contributed by atoms with Crippen LogP contribution < -0.4 is 19.1 Å². The highest BCUT2D eigenvalue weighted by Gasteiger charge is 2.37. The molecule has 1 aliphatic rings. The molecule has 13 heteroatoms. The lowest BCUT2D eigenvalue weighted by molar-refractivity contribution is -0.122. The summed E-state index contributed by atoms with van der Waals surface area (Å²) >= 11 is 6.37. The summed E-state index contributed by atoms with van der Waals surface area (Å²) in [4.78, 5) is 50.7. The maximum Gasteiger partial charge on any atom is 0.339 e. The fraction of sp³-hybridized carbons (Fsp3) is 0.111. The Morgan fingerprint density at radius 1 is 1.02 bits per heavy atom. The van der Waals surface area contributed by atoms with Crippen LogP contribution in [0.15, 0.2) is 77.2 Å². The van der Waals surface area contributed by atoms with Gasteiger partial charge in [0.1, 0.15) is 10.5 Å². The molecule has 1 saturated heterocycles. The number of hydrogen-bond donors (Lipinski definition) is 1. The zero-order valence-corrected chi connectivity index (χ0v) is 22.6. The number of hydrogen-bond acceptors (Lipinski definition) is 9. The minimum Gasteiger partial charge on any atom is -0.490 e. The topological polar surface area (TPSA) is 145 Å². The van der Waals surface area contributed by atoms with Gasteiger partial charge in [-0.05, 0) is 67.1 Å². The summed E-state index contributed by atoms with van der Waals surface area (Å²) in [6.07, 6.45) is 1.17. The van der Waals surface area contributed by atoms with Crippen molar-refractivity contribution >= 4 is 57.3 Å². The Labute approximate surface area is 234 Å². The van der Waals surface area contributed by atoms with Crippen molar-refractivity contribution in [1.82, 2.24) is 5.32 Å². The van der Waals surface area contributed by atoms with Gasteiger partial charge in [0.15, 0.2) is 5.75 Å². The van der Waals surface area contributed by atoms with E-state index in [4.69, 9.17) is 20.5 Å². The van der Waals surface area contributed by atoms with Crippen LogP contribution in [0.1, 0.15) is 22.8 Å². The lowest BCUT2D eigenvalue weighted by Crippen LogP contribution is -2.54. The van der Waals surface area contributed by atoms with Crippen molar-refractivity contribution in [3.8, 4) is 11.5 Å². The van der Waals surface area contributed by atoms with Gasteiger partial charge >= 0.3 is 22.1 Å². The fourth-order valence-corrected chi connectivity index (χ4v) is 4.96. The van der Waals surface area contributed by atoms with Crippen LogP contribution in [0.25, 0.3) is 6.08 Å². The summed E-state index contributed by atoms with van der Waals surface area (Å²) in [6, 6.07) is 14.5. The Balaban J connectivity index is 1.70. The van der Waals surface area contributed by atoms with Crippen LogP contribution in [0.5, 0.6) is 11.5 Å². The molecule has 0 atom stereocenters. The number of nitrogens with zero attached hydrogens (tertiary/aromatic N) is 1. The number of urea groups is 1. The smallest absolute Gasteiger partial charge is 0.339 e. The quantitative estimate of drug-likeness (QED) is 0.180. The van der Waals surface area contributed by atoms with Crippen LogP contribution >= 0.6 is 11.6 Å². The van der Waals surface area contributed by atoms with Crippen molar-refractivity contribution in [2.75, 3.05) is 18.6 Å². The predicted molar refractivity (Wildman–Crippen MR) is 144 cm³/mol. The average Bonchev–Trinajstić information content (AvgIpc) is 2.93. The molecule has 0 spiro atoms. The first-order chi connectivity index (χ1) is 19.1. The first-order valence-electron chi connectivity index (χ1n) is 11.6. The average molecular weight is 585 g/mol. The number of halogens is 1. The number of rotatable bonds is 8. The fourth-order valence-electron chi connectivity index (χ4n) is 3.68. The molecule has 1 N–H and O–H groups in total. The summed E-state index contributed by atoms with van der Waals surface area (Å²) < 4.78 is 41.0. The maximum absolute atomic E-state index is 13.2. The van der Waals surface area contributed by atoms with Gasteiger partial charge in [-0.1, -0.05) is 29.8 Å². The van der Waals surface area contributed by atoms with Gasteiger partial charge in [-0.2, -0.15) is 8.42 Å². The van der Waals surface area contributed by atoms with E-state index in [9.17, 15) is 27.6 Å². The number of carbonyl (C=O) groups excluding carboxylic acids is 4. The molecule has 4 rings (SSSR count). The molecule has 1 fully saturated rings. The number of imide groups is 2. The van der Waals surface area contributed by atoms with E-state index in [-0.39, 0.29) is 44.8 Å². The molecule has 0 unspecified atom stereocenters. The molecule has 0 aromatic heterocycles. The van der Waals surface area contributed by atoms with E-state index >= 15 is 0 Å². The third-order valence-electron chi connectivity index (χ3n) is 5.52. The van der Waals surface area contributed by atoms with Gasteiger partial charge in [0.05, 0.1) is 30.0 Å². The Bertz CT molecular complexity index is 1640. The van der Waals surface area contributed by atoms with Crippen molar-refractivity contribution in [3.05, 3.63) is 88.5 Å². The second-order valence-corrected chi connectivity index (χ2v) is 10.1. The van der Waals surface area contributed by atoms with E-state index in [2.05, 4.69) is 10.1 Å². The Hall–Kier alpha value is -4.68. The van der Waals surface area contributed by atoms with Gasteiger partial charge < -0.3 is 13.7 Å². The molecule has 3 aromatic rings. The van der Waals surface area contributed by atoms with Gasteiger partial charge in [0.25, 0.3) is 11.8 Å². The van der Waals surface area contributed by atoms with Crippen LogP contribution in [0.2, 0.25) is 5.02 Å². The summed E-state index contributed by atoms with van der Waals surface area (Å²) in [5.41, 5.74) is 0.0570.